The second kappa shape index (κ2) is 4.69. The van der Waals surface area contributed by atoms with Crippen molar-refractivity contribution in [3.05, 3.63) is 50.7 Å². The molecule has 1 atom stereocenters. The zero-order valence-corrected chi connectivity index (χ0v) is 11.7. The Morgan fingerprint density at radius 2 is 2.12 bits per heavy atom. The second-order valence-corrected chi connectivity index (χ2v) is 5.23. The van der Waals surface area contributed by atoms with E-state index in [0.717, 1.165) is 20.2 Å². The first-order valence-corrected chi connectivity index (χ1v) is 6.29. The van der Waals surface area contributed by atoms with Crippen LogP contribution in [0.4, 0.5) is 0 Å². The number of aryl methyl sites for hydroxylation is 1. The van der Waals surface area contributed by atoms with Crippen molar-refractivity contribution in [3.63, 3.8) is 0 Å². The third-order valence-electron chi connectivity index (χ3n) is 2.36. The highest BCUT2D eigenvalue weighted by atomic mass is 79.9. The van der Waals surface area contributed by atoms with Gasteiger partial charge in [0.25, 0.3) is 0 Å². The first-order valence-electron chi connectivity index (χ1n) is 4.70. The Balaban J connectivity index is 2.43. The van der Waals surface area contributed by atoms with Crippen molar-refractivity contribution in [2.45, 2.75) is 6.10 Å². The van der Waals surface area contributed by atoms with Crippen LogP contribution in [-0.4, -0.2) is 14.9 Å². The molecule has 84 valence electrons. The Morgan fingerprint density at radius 1 is 1.38 bits per heavy atom. The number of hydrogen-bond donors (Lipinski definition) is 1. The van der Waals surface area contributed by atoms with Crippen LogP contribution in [-0.2, 0) is 7.05 Å². The van der Waals surface area contributed by atoms with Crippen molar-refractivity contribution in [2.75, 3.05) is 0 Å². The standard InChI is InChI=1S/C11H10Br2N2O/c1-15-10(9(13)6-14-15)11(16)7-3-2-4-8(12)5-7/h2-6,11,16H,1H3. The molecule has 0 amide bonds. The van der Waals surface area contributed by atoms with Crippen molar-refractivity contribution >= 4 is 31.9 Å². The van der Waals surface area contributed by atoms with Crippen LogP contribution in [0.5, 0.6) is 0 Å². The van der Waals surface area contributed by atoms with E-state index in [4.69, 9.17) is 0 Å². The van der Waals surface area contributed by atoms with Gasteiger partial charge in [0.1, 0.15) is 6.10 Å². The van der Waals surface area contributed by atoms with E-state index in [2.05, 4.69) is 37.0 Å². The molecule has 0 bridgehead atoms. The summed E-state index contributed by atoms with van der Waals surface area (Å²) < 4.78 is 3.42. The Morgan fingerprint density at radius 3 is 2.69 bits per heavy atom. The number of hydrogen-bond acceptors (Lipinski definition) is 2. The van der Waals surface area contributed by atoms with E-state index in [1.165, 1.54) is 0 Å². The first kappa shape index (κ1) is 11.8. The summed E-state index contributed by atoms with van der Waals surface area (Å²) in [6.07, 6.45) is 0.996. The average molecular weight is 346 g/mol. The number of aliphatic hydroxyl groups excluding tert-OH is 1. The van der Waals surface area contributed by atoms with Crippen molar-refractivity contribution in [2.24, 2.45) is 7.05 Å². The summed E-state index contributed by atoms with van der Waals surface area (Å²) in [7, 11) is 1.81. The van der Waals surface area contributed by atoms with E-state index >= 15 is 0 Å². The molecule has 0 aliphatic carbocycles. The number of aliphatic hydroxyl groups is 1. The predicted octanol–water partition coefficient (Wildman–Crippen LogP) is 3.03. The van der Waals surface area contributed by atoms with Gasteiger partial charge < -0.3 is 5.11 Å². The van der Waals surface area contributed by atoms with Gasteiger partial charge in [-0.05, 0) is 33.6 Å². The van der Waals surface area contributed by atoms with Crippen LogP contribution in [0.1, 0.15) is 17.4 Å². The summed E-state index contributed by atoms with van der Waals surface area (Å²) in [5.74, 6) is 0. The van der Waals surface area contributed by atoms with Crippen molar-refractivity contribution in [1.82, 2.24) is 9.78 Å². The Kier molecular flexibility index (Phi) is 3.47. The molecule has 0 spiro atoms. The molecule has 0 saturated carbocycles. The van der Waals surface area contributed by atoms with E-state index < -0.39 is 6.10 Å². The quantitative estimate of drug-likeness (QED) is 0.908. The highest BCUT2D eigenvalue weighted by molar-refractivity contribution is 9.10. The second-order valence-electron chi connectivity index (χ2n) is 3.46. The first-order chi connectivity index (χ1) is 7.59. The molecule has 1 aromatic heterocycles. The fourth-order valence-electron chi connectivity index (χ4n) is 1.56. The molecule has 1 N–H and O–H groups in total. The molecular weight excluding hydrogens is 336 g/mol. The molecule has 2 aromatic rings. The predicted molar refractivity (Wildman–Crippen MR) is 69.1 cm³/mol. The third-order valence-corrected chi connectivity index (χ3v) is 3.47. The number of nitrogens with zero attached hydrogens (tertiary/aromatic N) is 2. The van der Waals surface area contributed by atoms with Crippen LogP contribution in [0, 0.1) is 0 Å². The summed E-state index contributed by atoms with van der Waals surface area (Å²) in [4.78, 5) is 0. The van der Waals surface area contributed by atoms with Crippen LogP contribution >= 0.6 is 31.9 Å². The molecule has 0 aliphatic heterocycles. The molecular formula is C11H10Br2N2O. The molecule has 0 fully saturated rings. The lowest BCUT2D eigenvalue weighted by molar-refractivity contribution is 0.209. The number of rotatable bonds is 2. The fourth-order valence-corrected chi connectivity index (χ4v) is 2.54. The number of aromatic nitrogens is 2. The minimum Gasteiger partial charge on any atom is -0.382 e. The molecule has 0 saturated heterocycles. The van der Waals surface area contributed by atoms with Crippen LogP contribution < -0.4 is 0 Å². The number of halogens is 2. The monoisotopic (exact) mass is 344 g/mol. The lowest BCUT2D eigenvalue weighted by atomic mass is 10.1. The molecule has 0 radical (unpaired) electrons. The van der Waals surface area contributed by atoms with Crippen LogP contribution in [0.3, 0.4) is 0 Å². The minimum absolute atomic E-state index is 0.681. The lowest BCUT2D eigenvalue weighted by Crippen LogP contribution is -2.07. The van der Waals surface area contributed by atoms with Gasteiger partial charge in [0.15, 0.2) is 0 Å². The largest absolute Gasteiger partial charge is 0.382 e. The SMILES string of the molecule is Cn1ncc(Br)c1C(O)c1cccc(Br)c1. The third kappa shape index (κ3) is 2.21. The summed E-state index contributed by atoms with van der Waals surface area (Å²) in [6, 6.07) is 7.60. The molecule has 5 heteroatoms. The lowest BCUT2D eigenvalue weighted by Gasteiger charge is -2.12. The van der Waals surface area contributed by atoms with Gasteiger partial charge in [-0.25, -0.2) is 0 Å². The average Bonchev–Trinajstić information content (AvgIpc) is 2.58. The summed E-state index contributed by atoms with van der Waals surface area (Å²) in [6.45, 7) is 0. The zero-order chi connectivity index (χ0) is 11.7. The summed E-state index contributed by atoms with van der Waals surface area (Å²) in [5.41, 5.74) is 1.58. The molecule has 0 aliphatic rings. The smallest absolute Gasteiger partial charge is 0.122 e. The molecule has 1 heterocycles. The van der Waals surface area contributed by atoms with Gasteiger partial charge in [0.2, 0.25) is 0 Å². The van der Waals surface area contributed by atoms with E-state index in [0.29, 0.717) is 0 Å². The maximum absolute atomic E-state index is 10.3. The van der Waals surface area contributed by atoms with Gasteiger partial charge in [0, 0.05) is 11.5 Å². The molecule has 2 rings (SSSR count). The Labute approximate surface area is 110 Å². The summed E-state index contributed by atoms with van der Waals surface area (Å²) >= 11 is 6.76. The molecule has 1 unspecified atom stereocenters. The minimum atomic E-state index is -0.681. The van der Waals surface area contributed by atoms with Gasteiger partial charge in [0.05, 0.1) is 16.4 Å². The van der Waals surface area contributed by atoms with Gasteiger partial charge in [-0.2, -0.15) is 5.10 Å². The van der Waals surface area contributed by atoms with E-state index in [-0.39, 0.29) is 0 Å². The number of benzene rings is 1. The van der Waals surface area contributed by atoms with Crippen molar-refractivity contribution in [3.8, 4) is 0 Å². The van der Waals surface area contributed by atoms with E-state index in [1.54, 1.807) is 17.9 Å². The molecule has 3 nitrogen and oxygen atoms in total. The van der Waals surface area contributed by atoms with Crippen molar-refractivity contribution in [1.29, 1.82) is 0 Å². The maximum Gasteiger partial charge on any atom is 0.122 e. The highest BCUT2D eigenvalue weighted by Gasteiger charge is 2.17. The highest BCUT2D eigenvalue weighted by Crippen LogP contribution is 2.29. The normalized spacial score (nSPS) is 12.8. The summed E-state index contributed by atoms with van der Waals surface area (Å²) in [5, 5.41) is 14.3. The fraction of sp³-hybridized carbons (Fsp3) is 0.182. The molecule has 1 aromatic carbocycles. The van der Waals surface area contributed by atoms with E-state index in [1.807, 2.05) is 24.3 Å². The topological polar surface area (TPSA) is 38.0 Å². The van der Waals surface area contributed by atoms with Crippen molar-refractivity contribution < 1.29 is 5.11 Å². The van der Waals surface area contributed by atoms with E-state index in [9.17, 15) is 5.11 Å². The maximum atomic E-state index is 10.3. The van der Waals surface area contributed by atoms with Gasteiger partial charge in [-0.3, -0.25) is 4.68 Å². The van der Waals surface area contributed by atoms with Gasteiger partial charge >= 0.3 is 0 Å². The Hall–Kier alpha value is -0.650. The van der Waals surface area contributed by atoms with Crippen LogP contribution in [0.25, 0.3) is 0 Å². The molecule has 16 heavy (non-hydrogen) atoms. The van der Waals surface area contributed by atoms with Crippen LogP contribution in [0.2, 0.25) is 0 Å². The Bertz CT molecular complexity index is 491. The van der Waals surface area contributed by atoms with Gasteiger partial charge in [-0.15, -0.1) is 0 Å². The zero-order valence-electron chi connectivity index (χ0n) is 8.56. The van der Waals surface area contributed by atoms with Crippen LogP contribution in [0.15, 0.2) is 39.4 Å². The van der Waals surface area contributed by atoms with Gasteiger partial charge in [-0.1, -0.05) is 28.1 Å².